The van der Waals surface area contributed by atoms with Crippen LogP contribution in [0.4, 0.5) is 5.82 Å². The van der Waals surface area contributed by atoms with Crippen LogP contribution in [0.25, 0.3) is 0 Å². The number of anilines is 1. The van der Waals surface area contributed by atoms with E-state index in [2.05, 4.69) is 27.3 Å². The van der Waals surface area contributed by atoms with Gasteiger partial charge in [-0.1, -0.05) is 29.8 Å². The fourth-order valence-corrected chi connectivity index (χ4v) is 3.40. The number of benzene rings is 1. The van der Waals surface area contributed by atoms with E-state index in [1.807, 2.05) is 6.07 Å². The molecule has 1 atom stereocenters. The molecule has 1 unspecified atom stereocenters. The number of carbonyl (C=O) groups is 1. The topological polar surface area (TPSA) is 92.8 Å². The molecule has 7 heteroatoms. The van der Waals surface area contributed by atoms with E-state index in [0.29, 0.717) is 42.1 Å². The molecule has 1 aliphatic heterocycles. The summed E-state index contributed by atoms with van der Waals surface area (Å²) in [5.41, 5.74) is 1.13. The van der Waals surface area contributed by atoms with Crippen molar-refractivity contribution in [1.29, 1.82) is 10.5 Å². The van der Waals surface area contributed by atoms with E-state index in [1.54, 1.807) is 36.5 Å². The Labute approximate surface area is 163 Å². The van der Waals surface area contributed by atoms with Crippen molar-refractivity contribution in [2.24, 2.45) is 5.92 Å². The average molecular weight is 380 g/mol. The summed E-state index contributed by atoms with van der Waals surface area (Å²) >= 11 is 6.14. The number of nitrogens with zero attached hydrogens (tertiary/aromatic N) is 4. The second-order valence-corrected chi connectivity index (χ2v) is 6.78. The summed E-state index contributed by atoms with van der Waals surface area (Å²) in [6.07, 6.45) is 2.90. The molecule has 1 aromatic carbocycles. The minimum atomic E-state index is -0.760. The normalized spacial score (nSPS) is 15.4. The Morgan fingerprint density at radius 3 is 2.56 bits per heavy atom. The van der Waals surface area contributed by atoms with Gasteiger partial charge in [0.1, 0.15) is 17.9 Å². The van der Waals surface area contributed by atoms with Gasteiger partial charge in [-0.2, -0.15) is 10.5 Å². The van der Waals surface area contributed by atoms with Crippen LogP contribution in [0.15, 0.2) is 42.6 Å². The summed E-state index contributed by atoms with van der Waals surface area (Å²) in [6, 6.07) is 14.0. The van der Waals surface area contributed by atoms with Gasteiger partial charge in [0.05, 0.1) is 11.6 Å². The van der Waals surface area contributed by atoms with Gasteiger partial charge in [-0.05, 0) is 31.0 Å². The largest absolute Gasteiger partial charge is 0.357 e. The molecule has 0 saturated carbocycles. The van der Waals surface area contributed by atoms with Crippen molar-refractivity contribution in [2.75, 3.05) is 18.0 Å². The molecule has 1 saturated heterocycles. The van der Waals surface area contributed by atoms with Gasteiger partial charge < -0.3 is 10.2 Å². The highest BCUT2D eigenvalue weighted by atomic mass is 35.5. The van der Waals surface area contributed by atoms with Crippen molar-refractivity contribution >= 4 is 23.3 Å². The maximum Gasteiger partial charge on any atom is 0.224 e. The average Bonchev–Trinajstić information content (AvgIpc) is 2.72. The van der Waals surface area contributed by atoms with Crippen LogP contribution in [0.1, 0.15) is 30.0 Å². The summed E-state index contributed by atoms with van der Waals surface area (Å²) in [4.78, 5) is 19.0. The summed E-state index contributed by atoms with van der Waals surface area (Å²) < 4.78 is 0. The molecule has 6 nitrogen and oxygen atoms in total. The summed E-state index contributed by atoms with van der Waals surface area (Å²) in [5.74, 6) is 0.519. The van der Waals surface area contributed by atoms with Gasteiger partial charge in [0.2, 0.25) is 5.91 Å². The Bertz CT molecular complexity index is 892. The zero-order valence-electron chi connectivity index (χ0n) is 14.6. The molecule has 1 fully saturated rings. The SMILES string of the molecule is N#Cc1ccc(N2CCC(C(=O)NC(C#N)c3ccccc3Cl)CC2)nc1. The Balaban J connectivity index is 1.59. The summed E-state index contributed by atoms with van der Waals surface area (Å²) in [7, 11) is 0. The summed E-state index contributed by atoms with van der Waals surface area (Å²) in [5, 5.41) is 21.5. The van der Waals surface area contributed by atoms with Crippen molar-refractivity contribution in [2.45, 2.75) is 18.9 Å². The highest BCUT2D eigenvalue weighted by Crippen LogP contribution is 2.25. The van der Waals surface area contributed by atoms with Crippen LogP contribution in [0.3, 0.4) is 0 Å². The van der Waals surface area contributed by atoms with Gasteiger partial charge in [-0.3, -0.25) is 4.79 Å². The standard InChI is InChI=1S/C20H18ClN5O/c21-17-4-2-1-3-16(17)18(12-23)25-20(27)15-7-9-26(10-8-15)19-6-5-14(11-22)13-24-19/h1-6,13,15,18H,7-10H2,(H,25,27). The highest BCUT2D eigenvalue weighted by molar-refractivity contribution is 6.31. The lowest BCUT2D eigenvalue weighted by Gasteiger charge is -2.32. The molecule has 0 radical (unpaired) electrons. The first-order valence-electron chi connectivity index (χ1n) is 8.68. The van der Waals surface area contributed by atoms with Crippen molar-refractivity contribution in [3.8, 4) is 12.1 Å². The molecular formula is C20H18ClN5O. The predicted molar refractivity (Wildman–Crippen MR) is 102 cm³/mol. The van der Waals surface area contributed by atoms with Crippen LogP contribution < -0.4 is 10.2 Å². The zero-order chi connectivity index (χ0) is 19.2. The van der Waals surface area contributed by atoms with E-state index in [4.69, 9.17) is 16.9 Å². The lowest BCUT2D eigenvalue weighted by Crippen LogP contribution is -2.41. The summed E-state index contributed by atoms with van der Waals surface area (Å²) in [6.45, 7) is 1.39. The molecule has 1 aliphatic rings. The Morgan fingerprint density at radius 1 is 1.22 bits per heavy atom. The van der Waals surface area contributed by atoms with E-state index < -0.39 is 6.04 Å². The number of hydrogen-bond donors (Lipinski definition) is 1. The van der Waals surface area contributed by atoms with Crippen molar-refractivity contribution in [3.63, 3.8) is 0 Å². The number of aromatic nitrogens is 1. The number of halogens is 1. The fourth-order valence-electron chi connectivity index (χ4n) is 3.16. The van der Waals surface area contributed by atoms with Gasteiger partial charge in [0, 0.05) is 35.8 Å². The van der Waals surface area contributed by atoms with E-state index >= 15 is 0 Å². The number of hydrogen-bond acceptors (Lipinski definition) is 5. The van der Waals surface area contributed by atoms with Gasteiger partial charge >= 0.3 is 0 Å². The van der Waals surface area contributed by atoms with Crippen LogP contribution in [0, 0.1) is 28.6 Å². The smallest absolute Gasteiger partial charge is 0.224 e. The van der Waals surface area contributed by atoms with Gasteiger partial charge in [0.15, 0.2) is 0 Å². The first-order valence-corrected chi connectivity index (χ1v) is 9.05. The van der Waals surface area contributed by atoms with E-state index in [-0.39, 0.29) is 11.8 Å². The number of rotatable bonds is 4. The number of pyridine rings is 1. The molecule has 136 valence electrons. The van der Waals surface area contributed by atoms with Crippen LogP contribution in [-0.4, -0.2) is 24.0 Å². The first kappa shape index (κ1) is 18.7. The lowest BCUT2D eigenvalue weighted by atomic mass is 9.95. The fraction of sp³-hybridized carbons (Fsp3) is 0.300. The van der Waals surface area contributed by atoms with Gasteiger partial charge in [-0.15, -0.1) is 0 Å². The van der Waals surface area contributed by atoms with Gasteiger partial charge in [-0.25, -0.2) is 4.98 Å². The molecule has 0 spiro atoms. The maximum absolute atomic E-state index is 12.6. The molecule has 1 aromatic heterocycles. The molecular weight excluding hydrogens is 362 g/mol. The molecule has 3 rings (SSSR count). The van der Waals surface area contributed by atoms with Crippen LogP contribution in [-0.2, 0) is 4.79 Å². The van der Waals surface area contributed by atoms with Crippen LogP contribution in [0.5, 0.6) is 0 Å². The Kier molecular flexibility index (Phi) is 5.90. The number of amides is 1. The molecule has 0 aliphatic carbocycles. The molecule has 2 aromatic rings. The number of piperidine rings is 1. The van der Waals surface area contributed by atoms with Crippen molar-refractivity contribution in [1.82, 2.24) is 10.3 Å². The molecule has 27 heavy (non-hydrogen) atoms. The van der Waals surface area contributed by atoms with E-state index in [9.17, 15) is 10.1 Å². The third-order valence-electron chi connectivity index (χ3n) is 4.70. The van der Waals surface area contributed by atoms with Gasteiger partial charge in [0.25, 0.3) is 0 Å². The number of carbonyl (C=O) groups excluding carboxylic acids is 1. The zero-order valence-corrected chi connectivity index (χ0v) is 15.4. The Hall–Kier alpha value is -3.09. The minimum Gasteiger partial charge on any atom is -0.357 e. The molecule has 0 bridgehead atoms. The lowest BCUT2D eigenvalue weighted by molar-refractivity contribution is -0.126. The predicted octanol–water partition coefficient (Wildman–Crippen LogP) is 3.20. The quantitative estimate of drug-likeness (QED) is 0.880. The molecule has 2 heterocycles. The minimum absolute atomic E-state index is 0.131. The van der Waals surface area contributed by atoms with Crippen LogP contribution >= 0.6 is 11.6 Å². The van der Waals surface area contributed by atoms with Crippen LogP contribution in [0.2, 0.25) is 5.02 Å². The molecule has 1 N–H and O–H groups in total. The second kappa shape index (κ2) is 8.53. The van der Waals surface area contributed by atoms with E-state index in [1.165, 1.54) is 0 Å². The first-order chi connectivity index (χ1) is 13.1. The van der Waals surface area contributed by atoms with E-state index in [0.717, 1.165) is 5.82 Å². The molecule has 1 amide bonds. The number of nitriles is 2. The maximum atomic E-state index is 12.6. The van der Waals surface area contributed by atoms with Crippen molar-refractivity contribution < 1.29 is 4.79 Å². The van der Waals surface area contributed by atoms with Crippen molar-refractivity contribution in [3.05, 3.63) is 58.7 Å². The third-order valence-corrected chi connectivity index (χ3v) is 5.04. The highest BCUT2D eigenvalue weighted by Gasteiger charge is 2.27. The number of nitrogens with one attached hydrogen (secondary N) is 1. The second-order valence-electron chi connectivity index (χ2n) is 6.37. The monoisotopic (exact) mass is 379 g/mol. The Morgan fingerprint density at radius 2 is 1.96 bits per heavy atom. The third kappa shape index (κ3) is 4.36.